The molecule has 1 aromatic carbocycles. The number of nitrogens with zero attached hydrogens (tertiary/aromatic N) is 2. The lowest BCUT2D eigenvalue weighted by Gasteiger charge is -2.31. The first kappa shape index (κ1) is 18.3. The van der Waals surface area contributed by atoms with Gasteiger partial charge in [-0.1, -0.05) is 17.7 Å². The van der Waals surface area contributed by atoms with Gasteiger partial charge in [-0.15, -0.1) is 11.8 Å². The number of aromatic nitrogens is 1. The first-order valence-corrected chi connectivity index (χ1v) is 10.1. The van der Waals surface area contributed by atoms with Crippen molar-refractivity contribution in [3.8, 4) is 0 Å². The molecular weight excluding hydrogens is 358 g/mol. The summed E-state index contributed by atoms with van der Waals surface area (Å²) in [5.41, 5.74) is 1.99. The molecule has 1 N–H and O–H groups in total. The van der Waals surface area contributed by atoms with E-state index in [9.17, 15) is 4.79 Å². The number of hydrogen-bond donors (Lipinski definition) is 1. The second-order valence-electron chi connectivity index (χ2n) is 6.11. The van der Waals surface area contributed by atoms with Crippen LogP contribution in [0.5, 0.6) is 0 Å². The number of thioether (sulfide) groups is 1. The van der Waals surface area contributed by atoms with Crippen molar-refractivity contribution >= 4 is 40.4 Å². The Morgan fingerprint density at radius 2 is 2.12 bits per heavy atom. The molecule has 0 saturated carbocycles. The molecule has 1 amide bonds. The van der Waals surface area contributed by atoms with E-state index in [4.69, 9.17) is 16.3 Å². The molecule has 0 bridgehead atoms. The highest BCUT2D eigenvalue weighted by molar-refractivity contribution is 7.98. The van der Waals surface area contributed by atoms with E-state index in [-0.39, 0.29) is 6.09 Å². The van der Waals surface area contributed by atoms with E-state index in [1.807, 2.05) is 6.92 Å². The minimum atomic E-state index is -0.212. The fourth-order valence-corrected chi connectivity index (χ4v) is 3.73. The van der Waals surface area contributed by atoms with E-state index >= 15 is 0 Å². The number of benzene rings is 1. The summed E-state index contributed by atoms with van der Waals surface area (Å²) < 4.78 is 5.07. The Hall–Kier alpha value is -1.50. The van der Waals surface area contributed by atoms with Gasteiger partial charge < -0.3 is 9.64 Å². The molecule has 25 heavy (non-hydrogen) atoms. The highest BCUT2D eigenvalue weighted by Gasteiger charge is 2.25. The van der Waals surface area contributed by atoms with Crippen molar-refractivity contribution < 1.29 is 14.4 Å². The lowest BCUT2D eigenvalue weighted by atomic mass is 10.1. The fourth-order valence-electron chi connectivity index (χ4n) is 3.08. The van der Waals surface area contributed by atoms with E-state index in [1.54, 1.807) is 16.7 Å². The molecule has 1 saturated heterocycles. The van der Waals surface area contributed by atoms with Gasteiger partial charge in [-0.05, 0) is 31.4 Å². The van der Waals surface area contributed by atoms with Crippen molar-refractivity contribution in [1.82, 2.24) is 9.88 Å². The first-order chi connectivity index (χ1) is 12.1. The van der Waals surface area contributed by atoms with Gasteiger partial charge in [-0.25, -0.2) is 9.78 Å². The number of nitrogens with one attached hydrogen (secondary N) is 1. The van der Waals surface area contributed by atoms with Crippen LogP contribution in [0.15, 0.2) is 29.2 Å². The number of carbonyl (C=O) groups excluding carboxylic acids is 1. The summed E-state index contributed by atoms with van der Waals surface area (Å²) in [4.78, 5) is 20.7. The molecule has 0 atom stereocenters. The summed E-state index contributed by atoms with van der Waals surface area (Å²) in [5.74, 6) is 0. The molecule has 3 rings (SSSR count). The second kappa shape index (κ2) is 8.25. The Morgan fingerprint density at radius 1 is 1.36 bits per heavy atom. The Balaban J connectivity index is 1.67. The highest BCUT2D eigenvalue weighted by Crippen LogP contribution is 2.24. The first-order valence-electron chi connectivity index (χ1n) is 8.49. The fraction of sp³-hybridized carbons (Fsp3) is 0.444. The van der Waals surface area contributed by atoms with Gasteiger partial charge in [0.1, 0.15) is 11.7 Å². The molecule has 2 aromatic rings. The van der Waals surface area contributed by atoms with Crippen LogP contribution in [0.2, 0.25) is 5.15 Å². The number of hydrogen-bond acceptors (Lipinski definition) is 4. The number of carbonyl (C=O) groups is 1. The molecule has 0 unspecified atom stereocenters. The molecule has 1 aliphatic heterocycles. The quantitative estimate of drug-likeness (QED) is 0.653. The third-order valence-electron chi connectivity index (χ3n) is 4.49. The Labute approximate surface area is 157 Å². The zero-order chi connectivity index (χ0) is 17.8. The van der Waals surface area contributed by atoms with Crippen LogP contribution < -0.4 is 4.90 Å². The van der Waals surface area contributed by atoms with Crippen LogP contribution in [0.4, 0.5) is 4.79 Å². The zero-order valence-electron chi connectivity index (χ0n) is 14.5. The zero-order valence-corrected chi connectivity index (χ0v) is 16.1. The van der Waals surface area contributed by atoms with Crippen molar-refractivity contribution in [2.45, 2.75) is 18.4 Å². The lowest BCUT2D eigenvalue weighted by Crippen LogP contribution is -3.13. The minimum Gasteiger partial charge on any atom is -0.450 e. The molecule has 7 heteroatoms. The normalized spacial score (nSPS) is 15.6. The molecule has 0 radical (unpaired) electrons. The van der Waals surface area contributed by atoms with E-state index in [1.165, 1.54) is 9.80 Å². The van der Waals surface area contributed by atoms with Gasteiger partial charge in [0.25, 0.3) is 0 Å². The van der Waals surface area contributed by atoms with E-state index in [0.29, 0.717) is 24.8 Å². The molecule has 134 valence electrons. The smallest absolute Gasteiger partial charge is 0.410 e. The average Bonchev–Trinajstić information content (AvgIpc) is 2.62. The third-order valence-corrected chi connectivity index (χ3v) is 5.54. The van der Waals surface area contributed by atoms with E-state index in [0.717, 1.165) is 36.1 Å². The molecule has 0 spiro atoms. The van der Waals surface area contributed by atoms with Crippen molar-refractivity contribution in [2.24, 2.45) is 0 Å². The van der Waals surface area contributed by atoms with Gasteiger partial charge in [0.15, 0.2) is 0 Å². The maximum atomic E-state index is 11.8. The number of ether oxygens (including phenoxy) is 1. The number of piperazine rings is 1. The van der Waals surface area contributed by atoms with Gasteiger partial charge in [-0.2, -0.15) is 0 Å². The summed E-state index contributed by atoms with van der Waals surface area (Å²) in [6, 6.07) is 8.42. The van der Waals surface area contributed by atoms with E-state index in [2.05, 4.69) is 35.5 Å². The predicted octanol–water partition coefficient (Wildman–Crippen LogP) is 2.47. The van der Waals surface area contributed by atoms with Crippen molar-refractivity contribution in [2.75, 3.05) is 39.0 Å². The van der Waals surface area contributed by atoms with Crippen LogP contribution in [0.3, 0.4) is 0 Å². The summed E-state index contributed by atoms with van der Waals surface area (Å²) >= 11 is 8.12. The molecule has 5 nitrogen and oxygen atoms in total. The van der Waals surface area contributed by atoms with Crippen LogP contribution in [-0.4, -0.2) is 55.0 Å². The maximum Gasteiger partial charge on any atom is 0.410 e. The topological polar surface area (TPSA) is 46.9 Å². The van der Waals surface area contributed by atoms with Crippen LogP contribution in [0.25, 0.3) is 10.9 Å². The van der Waals surface area contributed by atoms with E-state index < -0.39 is 0 Å². The number of halogens is 1. The number of pyridine rings is 1. The second-order valence-corrected chi connectivity index (χ2v) is 7.35. The summed E-state index contributed by atoms with van der Waals surface area (Å²) in [6.45, 7) is 6.27. The number of quaternary nitrogens is 1. The average molecular weight is 381 g/mol. The van der Waals surface area contributed by atoms with Gasteiger partial charge in [0, 0.05) is 15.8 Å². The molecule has 0 aliphatic carbocycles. The third kappa shape index (κ3) is 4.37. The van der Waals surface area contributed by atoms with Crippen LogP contribution in [-0.2, 0) is 11.3 Å². The Morgan fingerprint density at radius 3 is 2.80 bits per heavy atom. The van der Waals surface area contributed by atoms with Gasteiger partial charge in [0.05, 0.1) is 38.3 Å². The van der Waals surface area contributed by atoms with Gasteiger partial charge in [0.2, 0.25) is 0 Å². The van der Waals surface area contributed by atoms with Gasteiger partial charge >= 0.3 is 6.09 Å². The van der Waals surface area contributed by atoms with Crippen molar-refractivity contribution in [3.63, 3.8) is 0 Å². The van der Waals surface area contributed by atoms with Crippen molar-refractivity contribution in [3.05, 3.63) is 35.0 Å². The highest BCUT2D eigenvalue weighted by atomic mass is 35.5. The molecule has 1 fully saturated rings. The Bertz CT molecular complexity index is 763. The summed E-state index contributed by atoms with van der Waals surface area (Å²) in [6.07, 6.45) is 1.84. The molecule has 1 aliphatic rings. The van der Waals surface area contributed by atoms with Crippen LogP contribution in [0, 0.1) is 0 Å². The van der Waals surface area contributed by atoms with Crippen LogP contribution >= 0.6 is 23.4 Å². The Kier molecular flexibility index (Phi) is 6.04. The standard InChI is InChI=1S/C18H22ClN3O2S/c1-3-24-18(23)22-8-6-21(7-9-22)12-14-10-13-4-5-15(25-2)11-16(13)20-17(14)19/h4-5,10-11H,3,6-9,12H2,1-2H3/p+1. The van der Waals surface area contributed by atoms with Gasteiger partial charge in [-0.3, -0.25) is 4.90 Å². The maximum absolute atomic E-state index is 11.8. The summed E-state index contributed by atoms with van der Waals surface area (Å²) in [5, 5.41) is 1.69. The number of fused-ring (bicyclic) bond motifs is 1. The minimum absolute atomic E-state index is 0.212. The van der Waals surface area contributed by atoms with Crippen molar-refractivity contribution in [1.29, 1.82) is 0 Å². The summed E-state index contributed by atoms with van der Waals surface area (Å²) in [7, 11) is 0. The molecule has 1 aromatic heterocycles. The van der Waals surface area contributed by atoms with Crippen LogP contribution in [0.1, 0.15) is 12.5 Å². The lowest BCUT2D eigenvalue weighted by molar-refractivity contribution is -0.917. The monoisotopic (exact) mass is 380 g/mol. The molecular formula is C18H23ClN3O2S+. The molecule has 2 heterocycles. The number of rotatable bonds is 4. The largest absolute Gasteiger partial charge is 0.450 e. The predicted molar refractivity (Wildman–Crippen MR) is 102 cm³/mol. The SMILES string of the molecule is CCOC(=O)N1CC[NH+](Cc2cc3ccc(SC)cc3nc2Cl)CC1. The number of amides is 1.